The molecule has 1 atom stereocenters. The van der Waals surface area contributed by atoms with Crippen molar-refractivity contribution < 1.29 is 27.9 Å². The Bertz CT molecular complexity index is 519. The zero-order chi connectivity index (χ0) is 15.8. The van der Waals surface area contributed by atoms with Gasteiger partial charge in [-0.1, -0.05) is 6.08 Å². The Hall–Kier alpha value is -1.57. The number of alkyl carbamates (subject to hydrolysis) is 1. The van der Waals surface area contributed by atoms with Crippen LogP contribution >= 0.6 is 0 Å². The first-order valence-electron chi connectivity index (χ1n) is 5.97. The fourth-order valence-corrected chi connectivity index (χ4v) is 4.18. The van der Waals surface area contributed by atoms with E-state index in [9.17, 15) is 23.1 Å². The van der Waals surface area contributed by atoms with Gasteiger partial charge in [-0.15, -0.1) is 6.58 Å². The molecule has 0 aromatic heterocycles. The van der Waals surface area contributed by atoms with Crippen molar-refractivity contribution in [2.24, 2.45) is 5.41 Å². The van der Waals surface area contributed by atoms with Crippen molar-refractivity contribution in [1.82, 2.24) is 5.32 Å². The lowest BCUT2D eigenvalue weighted by Gasteiger charge is -2.42. The first-order valence-corrected chi connectivity index (χ1v) is 7.79. The van der Waals surface area contributed by atoms with E-state index in [2.05, 4.69) is 11.9 Å². The Kier molecular flexibility index (Phi) is 4.19. The Morgan fingerprint density at radius 1 is 1.40 bits per heavy atom. The monoisotopic (exact) mass is 305 g/mol. The number of carbonyl (C=O) groups is 2. The van der Waals surface area contributed by atoms with Crippen molar-refractivity contribution in [2.75, 3.05) is 11.5 Å². The van der Waals surface area contributed by atoms with E-state index in [1.165, 1.54) is 6.08 Å². The number of hydrogen-bond donors (Lipinski definition) is 2. The molecular formula is C12H19NO6S. The van der Waals surface area contributed by atoms with Gasteiger partial charge in [-0.25, -0.2) is 18.0 Å². The van der Waals surface area contributed by atoms with Gasteiger partial charge in [0.2, 0.25) is 0 Å². The van der Waals surface area contributed by atoms with Crippen LogP contribution in [0.2, 0.25) is 0 Å². The Balaban J connectivity index is 2.88. The van der Waals surface area contributed by atoms with Crippen molar-refractivity contribution in [3.8, 4) is 0 Å². The molecule has 1 heterocycles. The fraction of sp³-hybridized carbons (Fsp3) is 0.667. The van der Waals surface area contributed by atoms with E-state index in [-0.39, 0.29) is 11.5 Å². The molecule has 8 heteroatoms. The minimum Gasteiger partial charge on any atom is -0.480 e. The minimum atomic E-state index is -3.28. The summed E-state index contributed by atoms with van der Waals surface area (Å²) in [5, 5.41) is 11.4. The Labute approximate surface area is 117 Å². The average Bonchev–Trinajstić information content (AvgIpc) is 2.19. The molecule has 1 aliphatic heterocycles. The molecule has 0 aromatic rings. The van der Waals surface area contributed by atoms with Crippen LogP contribution in [0.5, 0.6) is 0 Å². The Morgan fingerprint density at radius 2 is 1.90 bits per heavy atom. The van der Waals surface area contributed by atoms with Crippen molar-refractivity contribution in [3.05, 3.63) is 12.7 Å². The maximum absolute atomic E-state index is 11.7. The molecule has 0 unspecified atom stereocenters. The molecule has 1 rings (SSSR count). The van der Waals surface area contributed by atoms with Crippen LogP contribution in [0, 0.1) is 5.41 Å². The normalized spacial score (nSPS) is 21.1. The molecule has 114 valence electrons. The lowest BCUT2D eigenvalue weighted by molar-refractivity contribution is -0.141. The number of carbonyl (C=O) groups excluding carboxylic acids is 1. The van der Waals surface area contributed by atoms with E-state index in [0.29, 0.717) is 0 Å². The second-order valence-electron chi connectivity index (χ2n) is 5.89. The van der Waals surface area contributed by atoms with E-state index in [1.54, 1.807) is 20.8 Å². The van der Waals surface area contributed by atoms with Gasteiger partial charge >= 0.3 is 12.1 Å². The van der Waals surface area contributed by atoms with Crippen LogP contribution < -0.4 is 5.32 Å². The lowest BCUT2D eigenvalue weighted by atomic mass is 9.83. The smallest absolute Gasteiger partial charge is 0.408 e. The molecular weight excluding hydrogens is 286 g/mol. The summed E-state index contributed by atoms with van der Waals surface area (Å²) in [6.07, 6.45) is 0.361. The number of nitrogens with one attached hydrogen (secondary N) is 1. The summed E-state index contributed by atoms with van der Waals surface area (Å²) in [5.41, 5.74) is -1.97. The molecule has 1 amide bonds. The summed E-state index contributed by atoms with van der Waals surface area (Å²) < 4.78 is 27.6. The van der Waals surface area contributed by atoms with Gasteiger partial charge in [0.1, 0.15) is 11.6 Å². The van der Waals surface area contributed by atoms with Crippen LogP contribution in [0.3, 0.4) is 0 Å². The van der Waals surface area contributed by atoms with Crippen LogP contribution in [-0.4, -0.2) is 48.7 Å². The molecule has 0 aromatic carbocycles. The second kappa shape index (κ2) is 5.08. The molecule has 1 fully saturated rings. The quantitative estimate of drug-likeness (QED) is 0.735. The van der Waals surface area contributed by atoms with Gasteiger partial charge in [0.15, 0.2) is 9.84 Å². The van der Waals surface area contributed by atoms with E-state index in [4.69, 9.17) is 4.74 Å². The third kappa shape index (κ3) is 3.72. The van der Waals surface area contributed by atoms with Gasteiger partial charge in [0.05, 0.1) is 11.5 Å². The van der Waals surface area contributed by atoms with Gasteiger partial charge in [0.25, 0.3) is 0 Å². The van der Waals surface area contributed by atoms with Crippen LogP contribution in [0.1, 0.15) is 20.8 Å². The SMILES string of the molecule is C=CC1([C@H](NC(=O)OC(C)(C)C)C(=O)O)CS(=O)(=O)C1. The van der Waals surface area contributed by atoms with Crippen LogP contribution in [-0.2, 0) is 19.4 Å². The predicted molar refractivity (Wildman–Crippen MR) is 72.1 cm³/mol. The number of hydrogen-bond acceptors (Lipinski definition) is 5. The molecule has 0 radical (unpaired) electrons. The van der Waals surface area contributed by atoms with E-state index in [0.717, 1.165) is 0 Å². The predicted octanol–water partition coefficient (Wildman–Crippen LogP) is 0.565. The van der Waals surface area contributed by atoms with Crippen molar-refractivity contribution in [3.63, 3.8) is 0 Å². The molecule has 20 heavy (non-hydrogen) atoms. The van der Waals surface area contributed by atoms with Crippen LogP contribution in [0.4, 0.5) is 4.79 Å². The summed E-state index contributed by atoms with van der Waals surface area (Å²) in [4.78, 5) is 23.0. The molecule has 0 spiro atoms. The maximum Gasteiger partial charge on any atom is 0.408 e. The number of sulfone groups is 1. The first kappa shape index (κ1) is 16.5. The molecule has 0 bridgehead atoms. The standard InChI is InChI=1S/C12H19NO6S/c1-5-12(6-20(17,18)7-12)8(9(14)15)13-10(16)19-11(2,3)4/h5,8H,1,6-7H2,2-4H3,(H,13,16)(H,14,15)/t8-/m1/s1. The number of aliphatic carboxylic acids is 1. The highest BCUT2D eigenvalue weighted by Gasteiger charge is 2.55. The van der Waals surface area contributed by atoms with Crippen molar-refractivity contribution in [1.29, 1.82) is 0 Å². The van der Waals surface area contributed by atoms with Gasteiger partial charge in [-0.05, 0) is 20.8 Å². The fourth-order valence-electron chi connectivity index (χ4n) is 2.06. The first-order chi connectivity index (χ1) is 8.91. The third-order valence-corrected chi connectivity index (χ3v) is 4.82. The lowest BCUT2D eigenvalue weighted by Crippen LogP contribution is -2.63. The summed E-state index contributed by atoms with van der Waals surface area (Å²) in [6.45, 7) is 8.40. The third-order valence-electron chi connectivity index (χ3n) is 2.87. The molecule has 1 aliphatic rings. The van der Waals surface area contributed by atoms with Crippen LogP contribution in [0.25, 0.3) is 0 Å². The number of rotatable bonds is 4. The van der Waals surface area contributed by atoms with Gasteiger partial charge in [-0.3, -0.25) is 0 Å². The molecule has 2 N–H and O–H groups in total. The van der Waals surface area contributed by atoms with E-state index >= 15 is 0 Å². The largest absolute Gasteiger partial charge is 0.480 e. The maximum atomic E-state index is 11.7. The summed E-state index contributed by atoms with van der Waals surface area (Å²) in [5.74, 6) is -2.03. The number of amides is 1. The highest BCUT2D eigenvalue weighted by atomic mass is 32.2. The summed E-state index contributed by atoms with van der Waals surface area (Å²) in [7, 11) is -3.28. The van der Waals surface area contributed by atoms with Gasteiger partial charge < -0.3 is 15.2 Å². The van der Waals surface area contributed by atoms with Crippen molar-refractivity contribution >= 4 is 21.9 Å². The molecule has 0 saturated carbocycles. The zero-order valence-corrected chi connectivity index (χ0v) is 12.5. The highest BCUT2D eigenvalue weighted by Crippen LogP contribution is 2.37. The number of ether oxygens (including phenoxy) is 1. The van der Waals surface area contributed by atoms with E-state index in [1.807, 2.05) is 0 Å². The highest BCUT2D eigenvalue weighted by molar-refractivity contribution is 7.92. The summed E-state index contributed by atoms with van der Waals surface area (Å²) >= 11 is 0. The molecule has 7 nitrogen and oxygen atoms in total. The topological polar surface area (TPSA) is 110 Å². The average molecular weight is 305 g/mol. The van der Waals surface area contributed by atoms with Crippen LogP contribution in [0.15, 0.2) is 12.7 Å². The molecule has 0 aliphatic carbocycles. The van der Waals surface area contributed by atoms with Crippen molar-refractivity contribution in [2.45, 2.75) is 32.4 Å². The summed E-state index contributed by atoms with van der Waals surface area (Å²) in [6, 6.07) is -1.39. The van der Waals surface area contributed by atoms with Gasteiger partial charge in [-0.2, -0.15) is 0 Å². The van der Waals surface area contributed by atoms with Gasteiger partial charge in [0, 0.05) is 5.41 Å². The second-order valence-corrected chi connectivity index (χ2v) is 7.95. The number of carboxylic acids is 1. The van der Waals surface area contributed by atoms with E-state index < -0.39 is 39.0 Å². The molecule has 1 saturated heterocycles. The Morgan fingerprint density at radius 3 is 2.20 bits per heavy atom. The zero-order valence-electron chi connectivity index (χ0n) is 11.7. The number of carboxylic acid groups (broad SMARTS) is 1. The minimum absolute atomic E-state index is 0.351.